The van der Waals surface area contributed by atoms with E-state index in [0.717, 1.165) is 25.1 Å². The lowest BCUT2D eigenvalue weighted by Gasteiger charge is -2.23. The molecule has 0 aliphatic rings. The van der Waals surface area contributed by atoms with Crippen LogP contribution in [0.4, 0.5) is 0 Å². The van der Waals surface area contributed by atoms with Crippen LogP contribution in [0.15, 0.2) is 12.2 Å². The zero-order valence-corrected chi connectivity index (χ0v) is 8.98. The van der Waals surface area contributed by atoms with E-state index in [4.69, 9.17) is 5.26 Å². The summed E-state index contributed by atoms with van der Waals surface area (Å²) in [7, 11) is 0. The first-order valence-electron chi connectivity index (χ1n) is 4.70. The van der Waals surface area contributed by atoms with Crippen LogP contribution in [0.5, 0.6) is 0 Å². The van der Waals surface area contributed by atoms with Crippen LogP contribution in [-0.2, 0) is 0 Å². The molecule has 13 heavy (non-hydrogen) atoms. The van der Waals surface area contributed by atoms with Crippen LogP contribution in [0.3, 0.4) is 0 Å². The molecule has 0 unspecified atom stereocenters. The molecule has 0 fully saturated rings. The maximum Gasteiger partial charge on any atom is 0.0621 e. The first-order chi connectivity index (χ1) is 5.98. The van der Waals surface area contributed by atoms with E-state index in [1.807, 2.05) is 6.92 Å². The van der Waals surface area contributed by atoms with Crippen LogP contribution < -0.4 is 5.32 Å². The van der Waals surface area contributed by atoms with Crippen molar-refractivity contribution in [2.45, 2.75) is 33.6 Å². The van der Waals surface area contributed by atoms with Crippen molar-refractivity contribution in [1.82, 2.24) is 5.32 Å². The predicted molar refractivity (Wildman–Crippen MR) is 56.3 cm³/mol. The normalized spacial score (nSPS) is 10.9. The second kappa shape index (κ2) is 5.77. The van der Waals surface area contributed by atoms with Crippen LogP contribution in [0.25, 0.3) is 0 Å². The van der Waals surface area contributed by atoms with Gasteiger partial charge in [0.1, 0.15) is 0 Å². The maximum atomic E-state index is 8.46. The molecule has 0 saturated carbocycles. The third-order valence-electron chi connectivity index (χ3n) is 1.94. The van der Waals surface area contributed by atoms with Gasteiger partial charge in [-0.1, -0.05) is 26.0 Å². The fourth-order valence-corrected chi connectivity index (χ4v) is 1.10. The number of nitrogens with zero attached hydrogens (tertiary/aromatic N) is 1. The molecular weight excluding hydrogens is 160 g/mol. The lowest BCUT2D eigenvalue weighted by molar-refractivity contribution is 0.323. The van der Waals surface area contributed by atoms with E-state index in [-0.39, 0.29) is 5.41 Å². The van der Waals surface area contributed by atoms with Crippen LogP contribution in [-0.4, -0.2) is 13.1 Å². The number of nitriles is 1. The number of rotatable bonds is 6. The second-order valence-electron chi connectivity index (χ2n) is 4.38. The van der Waals surface area contributed by atoms with Crippen molar-refractivity contribution in [3.8, 4) is 6.07 Å². The van der Waals surface area contributed by atoms with E-state index < -0.39 is 0 Å². The van der Waals surface area contributed by atoms with Crippen molar-refractivity contribution in [3.63, 3.8) is 0 Å². The minimum atomic E-state index is 0.213. The van der Waals surface area contributed by atoms with E-state index in [1.54, 1.807) is 0 Å². The molecule has 2 nitrogen and oxygen atoms in total. The highest BCUT2D eigenvalue weighted by atomic mass is 14.9. The Hall–Kier alpha value is -0.810. The molecule has 0 aromatic heterocycles. The van der Waals surface area contributed by atoms with Crippen LogP contribution in [0.2, 0.25) is 0 Å². The van der Waals surface area contributed by atoms with Crippen LogP contribution >= 0.6 is 0 Å². The molecule has 0 bridgehead atoms. The smallest absolute Gasteiger partial charge is 0.0621 e. The minimum absolute atomic E-state index is 0.213. The van der Waals surface area contributed by atoms with Crippen LogP contribution in [0, 0.1) is 16.7 Å². The summed E-state index contributed by atoms with van der Waals surface area (Å²) >= 11 is 0. The molecule has 0 aromatic rings. The second-order valence-corrected chi connectivity index (χ2v) is 4.38. The average molecular weight is 180 g/mol. The Morgan fingerprint density at radius 1 is 1.54 bits per heavy atom. The largest absolute Gasteiger partial charge is 0.312 e. The zero-order chi connectivity index (χ0) is 10.3. The third-order valence-corrected chi connectivity index (χ3v) is 1.94. The molecule has 0 spiro atoms. The van der Waals surface area contributed by atoms with Gasteiger partial charge in [-0.15, -0.1) is 0 Å². The van der Waals surface area contributed by atoms with Crippen molar-refractivity contribution in [2.24, 2.45) is 5.41 Å². The Balaban J connectivity index is 3.63. The SMILES string of the molecule is C=C(C)CNCC(C)(C)CCC#N. The molecule has 0 atom stereocenters. The highest BCUT2D eigenvalue weighted by molar-refractivity contribution is 4.91. The first kappa shape index (κ1) is 12.2. The van der Waals surface area contributed by atoms with Crippen molar-refractivity contribution in [1.29, 1.82) is 5.26 Å². The fraction of sp³-hybridized carbons (Fsp3) is 0.727. The summed E-state index contributed by atoms with van der Waals surface area (Å²) in [6.07, 6.45) is 1.59. The van der Waals surface area contributed by atoms with Crippen LogP contribution in [0.1, 0.15) is 33.6 Å². The topological polar surface area (TPSA) is 35.8 Å². The van der Waals surface area contributed by atoms with E-state index in [9.17, 15) is 0 Å². The van der Waals surface area contributed by atoms with Gasteiger partial charge >= 0.3 is 0 Å². The number of hydrogen-bond acceptors (Lipinski definition) is 2. The maximum absolute atomic E-state index is 8.46. The molecule has 0 heterocycles. The van der Waals surface area contributed by atoms with Gasteiger partial charge in [0.05, 0.1) is 6.07 Å². The zero-order valence-electron chi connectivity index (χ0n) is 8.98. The van der Waals surface area contributed by atoms with Crippen molar-refractivity contribution < 1.29 is 0 Å². The summed E-state index contributed by atoms with van der Waals surface area (Å²) in [4.78, 5) is 0. The Kier molecular flexibility index (Phi) is 5.41. The van der Waals surface area contributed by atoms with Crippen molar-refractivity contribution in [2.75, 3.05) is 13.1 Å². The van der Waals surface area contributed by atoms with Gasteiger partial charge in [-0.3, -0.25) is 0 Å². The Morgan fingerprint density at radius 2 is 2.15 bits per heavy atom. The predicted octanol–water partition coefficient (Wildman–Crippen LogP) is 2.48. The van der Waals surface area contributed by atoms with E-state index in [2.05, 4.69) is 31.8 Å². The third kappa shape index (κ3) is 7.55. The highest BCUT2D eigenvalue weighted by Crippen LogP contribution is 2.20. The Labute approximate surface area is 81.6 Å². The van der Waals surface area contributed by atoms with Gasteiger partial charge in [0, 0.05) is 19.5 Å². The summed E-state index contributed by atoms with van der Waals surface area (Å²) in [6.45, 7) is 12.0. The van der Waals surface area contributed by atoms with Gasteiger partial charge in [0.25, 0.3) is 0 Å². The molecule has 0 rings (SSSR count). The summed E-state index contributed by atoms with van der Waals surface area (Å²) in [6, 6.07) is 2.18. The lowest BCUT2D eigenvalue weighted by atomic mass is 9.88. The van der Waals surface area contributed by atoms with Gasteiger partial charge in [-0.2, -0.15) is 5.26 Å². The summed E-state index contributed by atoms with van der Waals surface area (Å²) in [5.74, 6) is 0. The molecule has 74 valence electrons. The lowest BCUT2D eigenvalue weighted by Crippen LogP contribution is -2.30. The summed E-state index contributed by atoms with van der Waals surface area (Å²) in [5.41, 5.74) is 1.36. The molecule has 0 amide bonds. The summed E-state index contributed by atoms with van der Waals surface area (Å²) in [5, 5.41) is 11.8. The highest BCUT2D eigenvalue weighted by Gasteiger charge is 2.16. The van der Waals surface area contributed by atoms with Crippen molar-refractivity contribution in [3.05, 3.63) is 12.2 Å². The number of hydrogen-bond donors (Lipinski definition) is 1. The molecular formula is C11H20N2. The molecule has 0 saturated heterocycles. The van der Waals surface area contributed by atoms with E-state index >= 15 is 0 Å². The van der Waals surface area contributed by atoms with E-state index in [0.29, 0.717) is 6.42 Å². The molecule has 2 heteroatoms. The van der Waals surface area contributed by atoms with Gasteiger partial charge in [0.15, 0.2) is 0 Å². The fourth-order valence-electron chi connectivity index (χ4n) is 1.10. The number of nitrogens with one attached hydrogen (secondary N) is 1. The Bertz CT molecular complexity index is 199. The first-order valence-corrected chi connectivity index (χ1v) is 4.70. The van der Waals surface area contributed by atoms with Gasteiger partial charge in [0.2, 0.25) is 0 Å². The molecule has 0 aliphatic heterocycles. The molecule has 0 radical (unpaired) electrons. The van der Waals surface area contributed by atoms with Crippen molar-refractivity contribution >= 4 is 0 Å². The summed E-state index contributed by atoms with van der Waals surface area (Å²) < 4.78 is 0. The van der Waals surface area contributed by atoms with Gasteiger partial charge in [-0.05, 0) is 18.8 Å². The van der Waals surface area contributed by atoms with Gasteiger partial charge in [-0.25, -0.2) is 0 Å². The minimum Gasteiger partial charge on any atom is -0.312 e. The molecule has 0 aromatic carbocycles. The van der Waals surface area contributed by atoms with E-state index in [1.165, 1.54) is 0 Å². The molecule has 1 N–H and O–H groups in total. The standard InChI is InChI=1S/C11H20N2/c1-10(2)8-13-9-11(3,4)6-5-7-12/h13H,1,5-6,8-9H2,2-4H3. The monoisotopic (exact) mass is 180 g/mol. The average Bonchev–Trinajstić information content (AvgIpc) is 2.00. The Morgan fingerprint density at radius 3 is 2.62 bits per heavy atom. The molecule has 0 aliphatic carbocycles. The quantitative estimate of drug-likeness (QED) is 0.637. The van der Waals surface area contributed by atoms with Gasteiger partial charge < -0.3 is 5.32 Å².